The van der Waals surface area contributed by atoms with E-state index in [0.29, 0.717) is 0 Å². The van der Waals surface area contributed by atoms with Crippen molar-refractivity contribution in [3.05, 3.63) is 46.5 Å². The lowest BCUT2D eigenvalue weighted by molar-refractivity contribution is 0.0696. The van der Waals surface area contributed by atoms with Crippen LogP contribution < -0.4 is 0 Å². The van der Waals surface area contributed by atoms with Crippen molar-refractivity contribution in [3.63, 3.8) is 0 Å². The van der Waals surface area contributed by atoms with Crippen LogP contribution in [0.3, 0.4) is 0 Å². The Labute approximate surface area is 104 Å². The maximum atomic E-state index is 10.7. The Bertz CT molecular complexity index is 452. The Morgan fingerprint density at radius 3 is 2.12 bits per heavy atom. The highest BCUT2D eigenvalue weighted by atomic mass is 35.5. The summed E-state index contributed by atoms with van der Waals surface area (Å²) in [6, 6.07) is 2.55. The molecule has 0 fully saturated rings. The summed E-state index contributed by atoms with van der Waals surface area (Å²) in [5.41, 5.74) is -0.0455. The van der Waals surface area contributed by atoms with Crippen LogP contribution in [0.15, 0.2) is 24.8 Å². The van der Waals surface area contributed by atoms with Crippen LogP contribution in [0.25, 0.3) is 0 Å². The summed E-state index contributed by atoms with van der Waals surface area (Å²) >= 11 is 5.63. The minimum atomic E-state index is -1.23. The Balaban J connectivity index is 0.000000770. The van der Waals surface area contributed by atoms with E-state index in [1.165, 1.54) is 19.1 Å². The van der Waals surface area contributed by atoms with E-state index >= 15 is 0 Å². The van der Waals surface area contributed by atoms with Gasteiger partial charge in [0.15, 0.2) is 0 Å². The monoisotopic (exact) mass is 256 g/mol. The lowest BCUT2D eigenvalue weighted by Crippen LogP contribution is -2.07. The van der Waals surface area contributed by atoms with Crippen molar-refractivity contribution >= 4 is 23.5 Å². The summed E-state index contributed by atoms with van der Waals surface area (Å²) in [4.78, 5) is 21.4. The number of rotatable bonds is 2. The maximum absolute atomic E-state index is 10.7. The van der Waals surface area contributed by atoms with E-state index in [4.69, 9.17) is 21.8 Å². The van der Waals surface area contributed by atoms with Gasteiger partial charge in [0.25, 0.3) is 0 Å². The van der Waals surface area contributed by atoms with Gasteiger partial charge in [-0.05, 0) is 31.5 Å². The average Bonchev–Trinajstić information content (AvgIpc) is 2.17. The Hall–Kier alpha value is -1.81. The number of allylic oxidation sites excluding steroid dienone is 1. The van der Waals surface area contributed by atoms with Crippen LogP contribution in [0, 0.1) is 6.92 Å². The van der Waals surface area contributed by atoms with Gasteiger partial charge in [-0.1, -0.05) is 17.7 Å². The normalized spacial score (nSPS) is 8.88. The lowest BCUT2D eigenvalue weighted by atomic mass is 10.0. The second-order valence-corrected chi connectivity index (χ2v) is 3.52. The number of benzene rings is 1. The molecule has 0 aliphatic carbocycles. The molecule has 92 valence electrons. The van der Waals surface area contributed by atoms with Crippen LogP contribution >= 0.6 is 11.6 Å². The highest BCUT2D eigenvalue weighted by Crippen LogP contribution is 2.22. The van der Waals surface area contributed by atoms with Crippen molar-refractivity contribution in [1.29, 1.82) is 0 Å². The van der Waals surface area contributed by atoms with Crippen molar-refractivity contribution in [2.75, 3.05) is 0 Å². The Morgan fingerprint density at radius 1 is 1.29 bits per heavy atom. The highest BCUT2D eigenvalue weighted by Gasteiger charge is 2.17. The van der Waals surface area contributed by atoms with E-state index in [1.807, 2.05) is 6.92 Å². The zero-order valence-corrected chi connectivity index (χ0v) is 10.3. The predicted molar refractivity (Wildman–Crippen MR) is 66.0 cm³/mol. The van der Waals surface area contributed by atoms with Gasteiger partial charge in [0.05, 0.1) is 16.1 Å². The molecule has 0 heterocycles. The first-order valence-corrected chi connectivity index (χ1v) is 5.07. The molecular formula is C12H13ClO4. The smallest absolute Gasteiger partial charge is 0.337 e. The van der Waals surface area contributed by atoms with Gasteiger partial charge in [0.2, 0.25) is 0 Å². The number of hydrogen-bond donors (Lipinski definition) is 2. The number of hydrogen-bond acceptors (Lipinski definition) is 2. The molecule has 0 unspecified atom stereocenters. The molecular weight excluding hydrogens is 244 g/mol. The summed E-state index contributed by atoms with van der Waals surface area (Å²) in [7, 11) is 0. The third-order valence-electron chi connectivity index (χ3n) is 1.86. The fourth-order valence-electron chi connectivity index (χ4n) is 1.17. The van der Waals surface area contributed by atoms with Gasteiger partial charge in [-0.15, -0.1) is 6.58 Å². The Morgan fingerprint density at radius 2 is 1.76 bits per heavy atom. The molecule has 0 aliphatic rings. The fraction of sp³-hybridized carbons (Fsp3) is 0.167. The fourth-order valence-corrected chi connectivity index (χ4v) is 1.46. The van der Waals surface area contributed by atoms with Crippen LogP contribution in [-0.2, 0) is 0 Å². The second-order valence-electron chi connectivity index (χ2n) is 3.11. The molecule has 0 radical (unpaired) electrons. The minimum Gasteiger partial charge on any atom is -0.478 e. The van der Waals surface area contributed by atoms with Crippen LogP contribution in [0.2, 0.25) is 5.02 Å². The van der Waals surface area contributed by atoms with Crippen LogP contribution in [-0.4, -0.2) is 22.2 Å². The average molecular weight is 257 g/mol. The van der Waals surface area contributed by atoms with E-state index in [-0.39, 0.29) is 21.7 Å². The first-order valence-electron chi connectivity index (χ1n) is 4.69. The summed E-state index contributed by atoms with van der Waals surface area (Å²) in [6.45, 7) is 6.67. The number of carbonyl (C=O) groups is 2. The first kappa shape index (κ1) is 15.2. The van der Waals surface area contributed by atoms with E-state index in [2.05, 4.69) is 6.58 Å². The third kappa shape index (κ3) is 3.92. The zero-order valence-electron chi connectivity index (χ0n) is 9.53. The molecule has 0 spiro atoms. The molecule has 1 aromatic rings. The molecule has 0 bridgehead atoms. The zero-order chi connectivity index (χ0) is 13.6. The van der Waals surface area contributed by atoms with Gasteiger partial charge >= 0.3 is 11.9 Å². The topological polar surface area (TPSA) is 74.6 Å². The molecule has 0 saturated heterocycles. The van der Waals surface area contributed by atoms with E-state index in [0.717, 1.165) is 0 Å². The van der Waals surface area contributed by atoms with Crippen LogP contribution in [0.5, 0.6) is 0 Å². The standard InChI is InChI=1S/C9H7ClO4.C3H6/c1-4-5(8(11)12)2-3-6(10)7(4)9(13)14;1-3-2/h2-3H,1H3,(H,11,12)(H,13,14);3H,1H2,2H3. The number of carboxylic acids is 2. The van der Waals surface area contributed by atoms with Crippen molar-refractivity contribution in [1.82, 2.24) is 0 Å². The van der Waals surface area contributed by atoms with Crippen molar-refractivity contribution in [2.45, 2.75) is 13.8 Å². The summed E-state index contributed by atoms with van der Waals surface area (Å²) in [5.74, 6) is -2.39. The van der Waals surface area contributed by atoms with Gasteiger partial charge in [-0.2, -0.15) is 0 Å². The van der Waals surface area contributed by atoms with Gasteiger partial charge in [-0.3, -0.25) is 0 Å². The maximum Gasteiger partial charge on any atom is 0.337 e. The molecule has 4 nitrogen and oxygen atoms in total. The second kappa shape index (κ2) is 6.70. The molecule has 0 saturated carbocycles. The van der Waals surface area contributed by atoms with Crippen molar-refractivity contribution in [2.24, 2.45) is 0 Å². The third-order valence-corrected chi connectivity index (χ3v) is 2.17. The summed E-state index contributed by atoms with van der Waals surface area (Å²) < 4.78 is 0. The van der Waals surface area contributed by atoms with Crippen LogP contribution in [0.1, 0.15) is 33.2 Å². The van der Waals surface area contributed by atoms with Gasteiger partial charge in [0.1, 0.15) is 0 Å². The Kier molecular flexibility index (Phi) is 5.99. The van der Waals surface area contributed by atoms with Gasteiger partial charge in [0, 0.05) is 0 Å². The van der Waals surface area contributed by atoms with E-state index in [9.17, 15) is 9.59 Å². The minimum absolute atomic E-state index is 0.0417. The van der Waals surface area contributed by atoms with Gasteiger partial charge in [-0.25, -0.2) is 9.59 Å². The summed E-state index contributed by atoms with van der Waals surface area (Å²) in [5, 5.41) is 17.5. The highest BCUT2D eigenvalue weighted by molar-refractivity contribution is 6.33. The van der Waals surface area contributed by atoms with Gasteiger partial charge < -0.3 is 10.2 Å². The van der Waals surface area contributed by atoms with Crippen LogP contribution in [0.4, 0.5) is 0 Å². The van der Waals surface area contributed by atoms with E-state index in [1.54, 1.807) is 6.08 Å². The lowest BCUT2D eigenvalue weighted by Gasteiger charge is -2.06. The first-order chi connectivity index (χ1) is 7.86. The molecule has 1 aromatic carbocycles. The number of aromatic carboxylic acids is 2. The molecule has 0 aliphatic heterocycles. The molecule has 1 rings (SSSR count). The SMILES string of the molecule is C=CC.Cc1c(C(=O)O)ccc(Cl)c1C(=O)O. The van der Waals surface area contributed by atoms with Crippen molar-refractivity contribution in [3.8, 4) is 0 Å². The molecule has 2 N–H and O–H groups in total. The molecule has 0 atom stereocenters. The molecule has 0 aromatic heterocycles. The summed E-state index contributed by atoms with van der Waals surface area (Å²) in [6.07, 6.45) is 1.75. The quantitative estimate of drug-likeness (QED) is 0.797. The van der Waals surface area contributed by atoms with E-state index < -0.39 is 11.9 Å². The predicted octanol–water partition coefficient (Wildman–Crippen LogP) is 3.24. The molecule has 5 heteroatoms. The molecule has 0 amide bonds. The van der Waals surface area contributed by atoms with Crippen molar-refractivity contribution < 1.29 is 19.8 Å². The number of halogens is 1. The largest absolute Gasteiger partial charge is 0.478 e. The molecule has 17 heavy (non-hydrogen) atoms. The number of carboxylic acid groups (broad SMARTS) is 2.